The van der Waals surface area contributed by atoms with Gasteiger partial charge in [-0.1, -0.05) is 5.16 Å². The fourth-order valence-electron chi connectivity index (χ4n) is 4.39. The molecular weight excluding hydrogens is 407 g/mol. The summed E-state index contributed by atoms with van der Waals surface area (Å²) in [6.07, 6.45) is 3.46. The number of nitrogens with zero attached hydrogens (tertiary/aromatic N) is 3. The predicted molar refractivity (Wildman–Crippen MR) is 98.0 cm³/mol. The zero-order chi connectivity index (χ0) is 15.3. The van der Waals surface area contributed by atoms with Gasteiger partial charge in [-0.15, -0.1) is 24.0 Å². The Labute approximate surface area is 154 Å². The number of aryl methyl sites for hydroxylation is 2. The van der Waals surface area contributed by atoms with Gasteiger partial charge in [-0.2, -0.15) is 0 Å². The van der Waals surface area contributed by atoms with Gasteiger partial charge in [0, 0.05) is 44.1 Å². The number of guanidine groups is 1. The standard InChI is InChI=1S/C16H24N4O2.HI/c1-9-11(10(2)22-19-9)6-18-16(17-3)20-7-12-13(8-20)15-5-4-14(12)21-15;/h12-15H,4-8H2,1-3H3,(H,17,18);1H. The molecule has 4 atom stereocenters. The number of aromatic nitrogens is 1. The summed E-state index contributed by atoms with van der Waals surface area (Å²) in [7, 11) is 1.86. The van der Waals surface area contributed by atoms with Gasteiger partial charge >= 0.3 is 0 Å². The van der Waals surface area contributed by atoms with Gasteiger partial charge in [0.25, 0.3) is 0 Å². The SMILES string of the molecule is CN=C(NCc1c(C)noc1C)N1CC2C3CCC(O3)C2C1.I. The number of fused-ring (bicyclic) bond motifs is 5. The Hall–Kier alpha value is -0.830. The molecule has 3 aliphatic heterocycles. The van der Waals surface area contributed by atoms with E-state index in [-0.39, 0.29) is 24.0 Å². The summed E-state index contributed by atoms with van der Waals surface area (Å²) in [4.78, 5) is 6.86. The number of aliphatic imine (C=N–C) groups is 1. The third-order valence-electron chi connectivity index (χ3n) is 5.57. The first-order chi connectivity index (χ1) is 10.7. The Balaban J connectivity index is 0.00000156. The van der Waals surface area contributed by atoms with E-state index in [1.807, 2.05) is 20.9 Å². The van der Waals surface area contributed by atoms with Crippen LogP contribution in [-0.2, 0) is 11.3 Å². The van der Waals surface area contributed by atoms with E-state index in [1.165, 1.54) is 12.8 Å². The van der Waals surface area contributed by atoms with Crippen molar-refractivity contribution in [3.8, 4) is 0 Å². The van der Waals surface area contributed by atoms with Crippen molar-refractivity contribution < 1.29 is 9.26 Å². The molecule has 0 radical (unpaired) electrons. The van der Waals surface area contributed by atoms with E-state index in [0.717, 1.165) is 36.1 Å². The maximum Gasteiger partial charge on any atom is 0.193 e. The molecule has 1 aromatic rings. The highest BCUT2D eigenvalue weighted by atomic mass is 127. The summed E-state index contributed by atoms with van der Waals surface area (Å²) in [5, 5.41) is 7.48. The summed E-state index contributed by atoms with van der Waals surface area (Å²) >= 11 is 0. The number of ether oxygens (including phenoxy) is 1. The second-order valence-corrected chi connectivity index (χ2v) is 6.73. The van der Waals surface area contributed by atoms with Gasteiger partial charge in [0.15, 0.2) is 5.96 Å². The molecule has 0 spiro atoms. The molecular formula is C16H25IN4O2. The summed E-state index contributed by atoms with van der Waals surface area (Å²) in [5.41, 5.74) is 2.08. The van der Waals surface area contributed by atoms with Crippen LogP contribution in [0.3, 0.4) is 0 Å². The maximum atomic E-state index is 6.04. The molecule has 0 aliphatic carbocycles. The Morgan fingerprint density at radius 2 is 1.91 bits per heavy atom. The maximum absolute atomic E-state index is 6.04. The topological polar surface area (TPSA) is 62.9 Å². The highest BCUT2D eigenvalue weighted by Crippen LogP contribution is 2.47. The van der Waals surface area contributed by atoms with Gasteiger partial charge in [0.2, 0.25) is 0 Å². The van der Waals surface area contributed by atoms with E-state index in [1.54, 1.807) is 0 Å². The van der Waals surface area contributed by atoms with Crippen molar-refractivity contribution in [1.82, 2.24) is 15.4 Å². The van der Waals surface area contributed by atoms with Gasteiger partial charge < -0.3 is 19.5 Å². The van der Waals surface area contributed by atoms with E-state index in [4.69, 9.17) is 9.26 Å². The number of likely N-dealkylation sites (tertiary alicyclic amines) is 1. The zero-order valence-corrected chi connectivity index (χ0v) is 16.2. The molecule has 0 aromatic carbocycles. The number of halogens is 1. The lowest BCUT2D eigenvalue weighted by Crippen LogP contribution is -2.41. The molecule has 1 N–H and O–H groups in total. The van der Waals surface area contributed by atoms with E-state index in [9.17, 15) is 0 Å². The van der Waals surface area contributed by atoms with Crippen LogP contribution in [0.25, 0.3) is 0 Å². The van der Waals surface area contributed by atoms with E-state index in [0.29, 0.717) is 30.6 Å². The third kappa shape index (κ3) is 2.86. The first kappa shape index (κ1) is 17.0. The first-order valence-electron chi connectivity index (χ1n) is 8.20. The predicted octanol–water partition coefficient (Wildman–Crippen LogP) is 2.09. The van der Waals surface area contributed by atoms with E-state index >= 15 is 0 Å². The molecule has 4 unspecified atom stereocenters. The summed E-state index contributed by atoms with van der Waals surface area (Å²) in [6, 6.07) is 0. The van der Waals surface area contributed by atoms with Gasteiger partial charge in [-0.3, -0.25) is 4.99 Å². The lowest BCUT2D eigenvalue weighted by atomic mass is 9.82. The van der Waals surface area contributed by atoms with Crippen LogP contribution in [-0.4, -0.2) is 48.4 Å². The molecule has 3 fully saturated rings. The second-order valence-electron chi connectivity index (χ2n) is 6.73. The van der Waals surface area contributed by atoms with Crippen molar-refractivity contribution in [2.45, 2.75) is 45.4 Å². The van der Waals surface area contributed by atoms with Gasteiger partial charge in [-0.25, -0.2) is 0 Å². The summed E-state index contributed by atoms with van der Waals surface area (Å²) in [5.74, 6) is 3.24. The number of hydrogen-bond donors (Lipinski definition) is 1. The highest BCUT2D eigenvalue weighted by molar-refractivity contribution is 14.0. The minimum absolute atomic E-state index is 0. The van der Waals surface area contributed by atoms with Crippen LogP contribution in [0.5, 0.6) is 0 Å². The molecule has 0 amide bonds. The molecule has 2 bridgehead atoms. The molecule has 1 aromatic heterocycles. The van der Waals surface area contributed by atoms with Crippen LogP contribution in [0.2, 0.25) is 0 Å². The largest absolute Gasteiger partial charge is 0.374 e. The normalized spacial score (nSPS) is 32.1. The van der Waals surface area contributed by atoms with Crippen molar-refractivity contribution >= 4 is 29.9 Å². The zero-order valence-electron chi connectivity index (χ0n) is 13.9. The van der Waals surface area contributed by atoms with Crippen molar-refractivity contribution in [3.05, 3.63) is 17.0 Å². The molecule has 128 valence electrons. The average Bonchev–Trinajstić information content (AvgIpc) is 3.24. The van der Waals surface area contributed by atoms with Crippen LogP contribution in [0.4, 0.5) is 0 Å². The molecule has 0 saturated carbocycles. The smallest absolute Gasteiger partial charge is 0.193 e. The Bertz CT molecular complexity index is 565. The quantitative estimate of drug-likeness (QED) is 0.441. The Morgan fingerprint density at radius 1 is 1.26 bits per heavy atom. The fraction of sp³-hybridized carbons (Fsp3) is 0.750. The molecule has 3 saturated heterocycles. The van der Waals surface area contributed by atoms with Crippen molar-refractivity contribution in [2.75, 3.05) is 20.1 Å². The lowest BCUT2D eigenvalue weighted by molar-refractivity contribution is 0.0767. The fourth-order valence-corrected chi connectivity index (χ4v) is 4.39. The highest BCUT2D eigenvalue weighted by Gasteiger charge is 2.53. The lowest BCUT2D eigenvalue weighted by Gasteiger charge is -2.23. The van der Waals surface area contributed by atoms with Gasteiger partial charge in [0.1, 0.15) is 5.76 Å². The molecule has 6 nitrogen and oxygen atoms in total. The van der Waals surface area contributed by atoms with Crippen molar-refractivity contribution in [2.24, 2.45) is 16.8 Å². The first-order valence-corrected chi connectivity index (χ1v) is 8.20. The minimum Gasteiger partial charge on any atom is -0.374 e. The molecule has 7 heteroatoms. The average molecular weight is 432 g/mol. The summed E-state index contributed by atoms with van der Waals surface area (Å²) in [6.45, 7) is 6.77. The van der Waals surface area contributed by atoms with Crippen LogP contribution in [0, 0.1) is 25.7 Å². The van der Waals surface area contributed by atoms with Gasteiger partial charge in [-0.05, 0) is 26.7 Å². The van der Waals surface area contributed by atoms with E-state index in [2.05, 4.69) is 20.4 Å². The molecule has 3 aliphatic rings. The number of rotatable bonds is 2. The second kappa shape index (κ2) is 6.58. The Morgan fingerprint density at radius 3 is 2.43 bits per heavy atom. The Kier molecular flexibility index (Phi) is 4.87. The van der Waals surface area contributed by atoms with Crippen LogP contribution in [0.1, 0.15) is 29.9 Å². The number of nitrogens with one attached hydrogen (secondary N) is 1. The monoisotopic (exact) mass is 432 g/mol. The minimum atomic E-state index is 0. The summed E-state index contributed by atoms with van der Waals surface area (Å²) < 4.78 is 11.3. The third-order valence-corrected chi connectivity index (χ3v) is 5.57. The van der Waals surface area contributed by atoms with Crippen LogP contribution < -0.4 is 5.32 Å². The molecule has 4 rings (SSSR count). The van der Waals surface area contributed by atoms with Crippen LogP contribution >= 0.6 is 24.0 Å². The van der Waals surface area contributed by atoms with Crippen molar-refractivity contribution in [1.29, 1.82) is 0 Å². The number of hydrogen-bond acceptors (Lipinski definition) is 4. The molecule has 4 heterocycles. The van der Waals surface area contributed by atoms with Crippen molar-refractivity contribution in [3.63, 3.8) is 0 Å². The van der Waals surface area contributed by atoms with E-state index < -0.39 is 0 Å². The van der Waals surface area contributed by atoms with Gasteiger partial charge in [0.05, 0.1) is 17.9 Å². The molecule has 23 heavy (non-hydrogen) atoms. The van der Waals surface area contributed by atoms with Crippen LogP contribution in [0.15, 0.2) is 9.52 Å².